The first-order valence-corrected chi connectivity index (χ1v) is 5.05. The lowest BCUT2D eigenvalue weighted by molar-refractivity contribution is 0.572. The average molecular weight is 204 g/mol. The quantitative estimate of drug-likeness (QED) is 0.773. The van der Waals surface area contributed by atoms with Crippen molar-refractivity contribution in [2.24, 2.45) is 0 Å². The van der Waals surface area contributed by atoms with Crippen molar-refractivity contribution in [3.05, 3.63) is 24.0 Å². The van der Waals surface area contributed by atoms with Crippen LogP contribution in [0.1, 0.15) is 26.5 Å². The first-order chi connectivity index (χ1) is 7.00. The molecular weight excluding hydrogens is 188 g/mol. The molecule has 80 valence electrons. The number of fused-ring (bicyclic) bond motifs is 1. The Morgan fingerprint density at radius 1 is 1.27 bits per heavy atom. The molecule has 0 aliphatic rings. The molecule has 15 heavy (non-hydrogen) atoms. The minimum atomic E-state index is 0.0630. The molecule has 2 aromatic heterocycles. The second kappa shape index (κ2) is 3.22. The number of hydrogen-bond acceptors (Lipinski definition) is 3. The molecule has 0 spiro atoms. The highest BCUT2D eigenvalue weighted by molar-refractivity contribution is 5.45. The molecule has 4 heteroatoms. The Hall–Kier alpha value is -1.58. The zero-order chi connectivity index (χ0) is 11.1. The number of nitrogens with one attached hydrogen (secondary N) is 1. The Morgan fingerprint density at radius 3 is 2.60 bits per heavy atom. The van der Waals surface area contributed by atoms with Gasteiger partial charge in [-0.15, -0.1) is 5.10 Å². The highest BCUT2D eigenvalue weighted by Crippen LogP contribution is 2.21. The summed E-state index contributed by atoms with van der Waals surface area (Å²) in [5.41, 5.74) is 2.01. The number of aromatic nitrogens is 3. The van der Waals surface area contributed by atoms with E-state index in [1.165, 1.54) is 0 Å². The monoisotopic (exact) mass is 204 g/mol. The summed E-state index contributed by atoms with van der Waals surface area (Å²) in [4.78, 5) is 4.53. The summed E-state index contributed by atoms with van der Waals surface area (Å²) in [6, 6.07) is 3.89. The summed E-state index contributed by atoms with van der Waals surface area (Å²) in [6.07, 6.45) is 1.98. The largest absolute Gasteiger partial charge is 0.372 e. The highest BCUT2D eigenvalue weighted by Gasteiger charge is 2.17. The van der Waals surface area contributed by atoms with Crippen LogP contribution in [0.3, 0.4) is 0 Å². The minimum Gasteiger partial charge on any atom is -0.372 e. The maximum absolute atomic E-state index is 4.53. The summed E-state index contributed by atoms with van der Waals surface area (Å²) in [5.74, 6) is 0.848. The zero-order valence-electron chi connectivity index (χ0n) is 9.57. The van der Waals surface area contributed by atoms with E-state index in [9.17, 15) is 0 Å². The molecule has 0 bridgehead atoms. The van der Waals surface area contributed by atoms with Gasteiger partial charge in [0.05, 0.1) is 11.9 Å². The van der Waals surface area contributed by atoms with Gasteiger partial charge in [0.1, 0.15) is 5.82 Å². The standard InChI is InChI=1S/C11H16N4/c1-11(2,3)8-7-15-10(13-8)6-5-9(12-4)14-15/h5-7H,1-4H3,(H,12,14). The second-order valence-corrected chi connectivity index (χ2v) is 4.65. The van der Waals surface area contributed by atoms with Crippen LogP contribution in [0.25, 0.3) is 5.65 Å². The van der Waals surface area contributed by atoms with Gasteiger partial charge in [-0.1, -0.05) is 20.8 Å². The lowest BCUT2D eigenvalue weighted by atomic mass is 9.93. The molecule has 0 aromatic carbocycles. The molecule has 4 nitrogen and oxygen atoms in total. The Kier molecular flexibility index (Phi) is 2.14. The fourth-order valence-electron chi connectivity index (χ4n) is 1.38. The third-order valence-corrected chi connectivity index (χ3v) is 2.34. The zero-order valence-corrected chi connectivity index (χ0v) is 9.57. The highest BCUT2D eigenvalue weighted by atomic mass is 15.3. The number of imidazole rings is 1. The third kappa shape index (κ3) is 1.79. The van der Waals surface area contributed by atoms with E-state index in [-0.39, 0.29) is 5.41 Å². The molecule has 1 N–H and O–H groups in total. The van der Waals surface area contributed by atoms with E-state index in [0.717, 1.165) is 17.2 Å². The van der Waals surface area contributed by atoms with Gasteiger partial charge in [0, 0.05) is 12.5 Å². The Balaban J connectivity index is 2.56. The molecule has 0 unspecified atom stereocenters. The van der Waals surface area contributed by atoms with E-state index < -0.39 is 0 Å². The van der Waals surface area contributed by atoms with Crippen LogP contribution in [-0.2, 0) is 5.41 Å². The maximum atomic E-state index is 4.53. The van der Waals surface area contributed by atoms with E-state index in [1.807, 2.05) is 29.9 Å². The SMILES string of the molecule is CNc1ccc2nc(C(C)(C)C)cn2n1. The van der Waals surface area contributed by atoms with Gasteiger partial charge in [0.25, 0.3) is 0 Å². The van der Waals surface area contributed by atoms with Gasteiger partial charge in [-0.05, 0) is 12.1 Å². The third-order valence-electron chi connectivity index (χ3n) is 2.34. The maximum Gasteiger partial charge on any atom is 0.153 e. The second-order valence-electron chi connectivity index (χ2n) is 4.65. The summed E-state index contributed by atoms with van der Waals surface area (Å²) in [5, 5.41) is 7.38. The Labute approximate surface area is 89.3 Å². The molecular formula is C11H16N4. The molecule has 0 aliphatic heterocycles. The van der Waals surface area contributed by atoms with Crippen LogP contribution < -0.4 is 5.32 Å². The number of anilines is 1. The minimum absolute atomic E-state index is 0.0630. The molecule has 0 amide bonds. The molecule has 2 aromatic rings. The van der Waals surface area contributed by atoms with E-state index in [0.29, 0.717) is 0 Å². The van der Waals surface area contributed by atoms with Crippen molar-refractivity contribution in [1.29, 1.82) is 0 Å². The van der Waals surface area contributed by atoms with Gasteiger partial charge in [0.15, 0.2) is 5.65 Å². The molecule has 0 fully saturated rings. The van der Waals surface area contributed by atoms with Gasteiger partial charge in [-0.2, -0.15) is 0 Å². The van der Waals surface area contributed by atoms with Crippen molar-refractivity contribution in [3.63, 3.8) is 0 Å². The van der Waals surface area contributed by atoms with Crippen LogP contribution in [-0.4, -0.2) is 21.6 Å². The van der Waals surface area contributed by atoms with Gasteiger partial charge < -0.3 is 5.32 Å². The van der Waals surface area contributed by atoms with Crippen molar-refractivity contribution < 1.29 is 0 Å². The number of nitrogens with zero attached hydrogens (tertiary/aromatic N) is 3. The molecule has 2 rings (SSSR count). The fraction of sp³-hybridized carbons (Fsp3) is 0.455. The molecule has 0 radical (unpaired) electrons. The summed E-state index contributed by atoms with van der Waals surface area (Å²) >= 11 is 0. The van der Waals surface area contributed by atoms with Gasteiger partial charge in [-0.25, -0.2) is 9.50 Å². The van der Waals surface area contributed by atoms with Gasteiger partial charge in [-0.3, -0.25) is 0 Å². The van der Waals surface area contributed by atoms with Crippen molar-refractivity contribution >= 4 is 11.5 Å². The van der Waals surface area contributed by atoms with Crippen LogP contribution >= 0.6 is 0 Å². The summed E-state index contributed by atoms with van der Waals surface area (Å²) in [7, 11) is 1.86. The van der Waals surface area contributed by atoms with Crippen molar-refractivity contribution in [2.75, 3.05) is 12.4 Å². The molecule has 2 heterocycles. The summed E-state index contributed by atoms with van der Waals surface area (Å²) < 4.78 is 1.81. The first kappa shape index (κ1) is 9.96. The van der Waals surface area contributed by atoms with Gasteiger partial charge in [0.2, 0.25) is 0 Å². The fourth-order valence-corrected chi connectivity index (χ4v) is 1.38. The predicted octanol–water partition coefficient (Wildman–Crippen LogP) is 2.07. The number of hydrogen-bond donors (Lipinski definition) is 1. The summed E-state index contributed by atoms with van der Waals surface area (Å²) in [6.45, 7) is 6.44. The molecule has 0 saturated heterocycles. The molecule has 0 aliphatic carbocycles. The smallest absolute Gasteiger partial charge is 0.153 e. The Bertz CT molecular complexity index is 479. The van der Waals surface area contributed by atoms with E-state index in [1.54, 1.807) is 0 Å². The van der Waals surface area contributed by atoms with E-state index in [4.69, 9.17) is 0 Å². The van der Waals surface area contributed by atoms with Gasteiger partial charge >= 0.3 is 0 Å². The van der Waals surface area contributed by atoms with Crippen LogP contribution in [0.15, 0.2) is 18.3 Å². The Morgan fingerprint density at radius 2 is 2.00 bits per heavy atom. The first-order valence-electron chi connectivity index (χ1n) is 5.05. The van der Waals surface area contributed by atoms with Crippen LogP contribution in [0.4, 0.5) is 5.82 Å². The van der Waals surface area contributed by atoms with Crippen molar-refractivity contribution in [1.82, 2.24) is 14.6 Å². The molecule has 0 saturated carbocycles. The van der Waals surface area contributed by atoms with Crippen molar-refractivity contribution in [3.8, 4) is 0 Å². The predicted molar refractivity (Wildman–Crippen MR) is 61.2 cm³/mol. The van der Waals surface area contributed by atoms with Crippen LogP contribution in [0.5, 0.6) is 0 Å². The van der Waals surface area contributed by atoms with Crippen LogP contribution in [0.2, 0.25) is 0 Å². The average Bonchev–Trinajstić information content (AvgIpc) is 2.59. The topological polar surface area (TPSA) is 42.2 Å². The van der Waals surface area contributed by atoms with E-state index >= 15 is 0 Å². The van der Waals surface area contributed by atoms with Crippen LogP contribution in [0, 0.1) is 0 Å². The molecule has 0 atom stereocenters. The van der Waals surface area contributed by atoms with E-state index in [2.05, 4.69) is 36.2 Å². The lowest BCUT2D eigenvalue weighted by Crippen LogP contribution is -2.11. The van der Waals surface area contributed by atoms with Crippen molar-refractivity contribution in [2.45, 2.75) is 26.2 Å². The lowest BCUT2D eigenvalue weighted by Gasteiger charge is -2.13. The normalized spacial score (nSPS) is 12.0. The number of rotatable bonds is 1.